The van der Waals surface area contributed by atoms with E-state index in [9.17, 15) is 9.59 Å². The van der Waals surface area contributed by atoms with Gasteiger partial charge in [-0.3, -0.25) is 0 Å². The second kappa shape index (κ2) is 9.20. The predicted molar refractivity (Wildman–Crippen MR) is 112 cm³/mol. The lowest BCUT2D eigenvalue weighted by Crippen LogP contribution is -2.36. The minimum Gasteiger partial charge on any atom is -0.459 e. The molecule has 0 N–H and O–H groups in total. The Labute approximate surface area is 180 Å². The number of esters is 2. The molecule has 0 radical (unpaired) electrons. The van der Waals surface area contributed by atoms with Crippen LogP contribution >= 0.6 is 31.9 Å². The van der Waals surface area contributed by atoms with Crippen molar-refractivity contribution in [2.75, 3.05) is 6.61 Å². The van der Waals surface area contributed by atoms with Crippen LogP contribution in [0, 0.1) is 13.8 Å². The van der Waals surface area contributed by atoms with Crippen LogP contribution in [0.15, 0.2) is 48.5 Å². The van der Waals surface area contributed by atoms with Gasteiger partial charge < -0.3 is 14.2 Å². The third-order valence-electron chi connectivity index (χ3n) is 4.59. The van der Waals surface area contributed by atoms with E-state index in [1.165, 1.54) is 0 Å². The summed E-state index contributed by atoms with van der Waals surface area (Å²) in [6.45, 7) is 3.67. The fourth-order valence-electron chi connectivity index (χ4n) is 2.98. The number of rotatable bonds is 5. The largest absolute Gasteiger partial charge is 0.459 e. The molecule has 1 heterocycles. The van der Waals surface area contributed by atoms with Gasteiger partial charge in [-0.25, -0.2) is 9.59 Å². The molecule has 0 unspecified atom stereocenters. The third-order valence-corrected chi connectivity index (χ3v) is 7.08. The number of aryl methyl sites for hydroxylation is 2. The molecule has 148 valence electrons. The molecule has 4 atom stereocenters. The first-order valence-corrected chi connectivity index (χ1v) is 10.6. The van der Waals surface area contributed by atoms with Crippen LogP contribution in [-0.2, 0) is 14.2 Å². The minimum atomic E-state index is -0.610. The van der Waals surface area contributed by atoms with Gasteiger partial charge in [-0.1, -0.05) is 68.3 Å². The summed E-state index contributed by atoms with van der Waals surface area (Å²) < 4.78 is 16.9. The van der Waals surface area contributed by atoms with Crippen LogP contribution in [-0.4, -0.2) is 40.6 Å². The van der Waals surface area contributed by atoms with E-state index >= 15 is 0 Å². The summed E-state index contributed by atoms with van der Waals surface area (Å²) in [6.07, 6.45) is -1.20. The van der Waals surface area contributed by atoms with Crippen molar-refractivity contribution in [1.82, 2.24) is 0 Å². The highest BCUT2D eigenvalue weighted by molar-refractivity contribution is 9.12. The van der Waals surface area contributed by atoms with Crippen molar-refractivity contribution in [1.29, 1.82) is 0 Å². The molecule has 0 bridgehead atoms. The fourth-order valence-corrected chi connectivity index (χ4v) is 4.13. The van der Waals surface area contributed by atoms with Gasteiger partial charge in [0.05, 0.1) is 16.0 Å². The van der Waals surface area contributed by atoms with E-state index < -0.39 is 24.1 Å². The summed E-state index contributed by atoms with van der Waals surface area (Å²) in [7, 11) is 0. The number of alkyl halides is 2. The number of hydrogen-bond donors (Lipinski definition) is 0. The van der Waals surface area contributed by atoms with Crippen molar-refractivity contribution in [3.8, 4) is 0 Å². The molecular formula is C21H20Br2O5. The quantitative estimate of drug-likeness (QED) is 0.434. The first-order chi connectivity index (χ1) is 13.4. The summed E-state index contributed by atoms with van der Waals surface area (Å²) in [5, 5.41) is -0.371. The molecule has 1 aliphatic heterocycles. The number of hydrogen-bond acceptors (Lipinski definition) is 5. The zero-order valence-electron chi connectivity index (χ0n) is 15.4. The molecule has 5 nitrogen and oxygen atoms in total. The topological polar surface area (TPSA) is 61.8 Å². The van der Waals surface area contributed by atoms with E-state index in [1.807, 2.05) is 38.1 Å². The molecule has 1 fully saturated rings. The molecule has 0 amide bonds. The summed E-state index contributed by atoms with van der Waals surface area (Å²) in [5.41, 5.74) is 2.66. The van der Waals surface area contributed by atoms with Crippen LogP contribution in [0.2, 0.25) is 0 Å². The number of carbonyl (C=O) groups is 2. The maximum atomic E-state index is 12.6. The van der Waals surface area contributed by atoms with Gasteiger partial charge >= 0.3 is 11.9 Å². The Morgan fingerprint density at radius 2 is 1.46 bits per heavy atom. The summed E-state index contributed by atoms with van der Waals surface area (Å²) in [5.74, 6) is -0.872. The SMILES string of the molecule is Cc1ccccc1C(=O)OC[C@@H]1O[C@@H](Br)[C@H](Br)[C@H]1OC(=O)c1ccccc1C. The summed E-state index contributed by atoms with van der Waals surface area (Å²) >= 11 is 6.91. The van der Waals surface area contributed by atoms with E-state index in [0.717, 1.165) is 11.1 Å². The van der Waals surface area contributed by atoms with Crippen molar-refractivity contribution in [3.63, 3.8) is 0 Å². The molecule has 0 saturated carbocycles. The number of halogens is 2. The van der Waals surface area contributed by atoms with Gasteiger partial charge in [-0.2, -0.15) is 0 Å². The number of ether oxygens (including phenoxy) is 3. The number of benzene rings is 2. The van der Waals surface area contributed by atoms with Gasteiger partial charge in [0.1, 0.15) is 23.8 Å². The van der Waals surface area contributed by atoms with Crippen molar-refractivity contribution in [2.24, 2.45) is 0 Å². The Bertz CT molecular complexity index is 869. The molecule has 1 saturated heterocycles. The molecule has 2 aromatic rings. The Kier molecular flexibility index (Phi) is 6.91. The molecule has 0 spiro atoms. The van der Waals surface area contributed by atoms with E-state index in [-0.39, 0.29) is 16.4 Å². The normalized spacial score (nSPS) is 24.0. The highest BCUT2D eigenvalue weighted by atomic mass is 79.9. The Balaban J connectivity index is 1.68. The van der Waals surface area contributed by atoms with Crippen molar-refractivity contribution < 1.29 is 23.8 Å². The van der Waals surface area contributed by atoms with Gasteiger partial charge in [0, 0.05) is 0 Å². The van der Waals surface area contributed by atoms with E-state index in [1.54, 1.807) is 24.3 Å². The Hall–Kier alpha value is -1.70. The average Bonchev–Trinajstić information content (AvgIpc) is 2.94. The summed E-state index contributed by atoms with van der Waals surface area (Å²) in [4.78, 5) is 24.7. The average molecular weight is 512 g/mol. The molecule has 0 aromatic heterocycles. The van der Waals surface area contributed by atoms with Crippen LogP contribution in [0.3, 0.4) is 0 Å². The van der Waals surface area contributed by atoms with Crippen LogP contribution in [0.4, 0.5) is 0 Å². The van der Waals surface area contributed by atoms with Gasteiger partial charge in [-0.05, 0) is 37.1 Å². The second-order valence-corrected chi connectivity index (χ2v) is 8.53. The van der Waals surface area contributed by atoms with E-state index in [4.69, 9.17) is 14.2 Å². The van der Waals surface area contributed by atoms with E-state index in [0.29, 0.717) is 11.1 Å². The molecule has 2 aromatic carbocycles. The lowest BCUT2D eigenvalue weighted by atomic mass is 10.1. The third kappa shape index (κ3) is 4.64. The lowest BCUT2D eigenvalue weighted by Gasteiger charge is -2.21. The maximum Gasteiger partial charge on any atom is 0.338 e. The van der Waals surface area contributed by atoms with Crippen LogP contribution in [0.5, 0.6) is 0 Å². The first-order valence-electron chi connectivity index (χ1n) is 8.81. The van der Waals surface area contributed by atoms with Crippen LogP contribution < -0.4 is 0 Å². The number of carbonyl (C=O) groups excluding carboxylic acids is 2. The monoisotopic (exact) mass is 510 g/mol. The van der Waals surface area contributed by atoms with Gasteiger partial charge in [0.25, 0.3) is 0 Å². The zero-order valence-corrected chi connectivity index (χ0v) is 18.6. The molecule has 1 aliphatic rings. The molecular weight excluding hydrogens is 492 g/mol. The van der Waals surface area contributed by atoms with Gasteiger partial charge in [0.15, 0.2) is 0 Å². The Morgan fingerprint density at radius 3 is 2.04 bits per heavy atom. The van der Waals surface area contributed by atoms with Crippen molar-refractivity contribution in [2.45, 2.75) is 35.9 Å². The zero-order chi connectivity index (χ0) is 20.3. The Morgan fingerprint density at radius 1 is 0.929 bits per heavy atom. The van der Waals surface area contributed by atoms with Gasteiger partial charge in [-0.15, -0.1) is 0 Å². The van der Waals surface area contributed by atoms with E-state index in [2.05, 4.69) is 31.9 Å². The highest BCUT2D eigenvalue weighted by Gasteiger charge is 2.45. The fraction of sp³-hybridized carbons (Fsp3) is 0.333. The predicted octanol–water partition coefficient (Wildman–Crippen LogP) is 4.57. The second-order valence-electron chi connectivity index (χ2n) is 6.57. The molecule has 7 heteroatoms. The highest BCUT2D eigenvalue weighted by Crippen LogP contribution is 2.34. The lowest BCUT2D eigenvalue weighted by molar-refractivity contribution is -0.0306. The first kappa shape index (κ1) is 21.0. The standard InChI is InChI=1S/C21H20Br2O5/c1-12-7-3-5-9-14(12)20(24)26-11-16-18(17(22)19(23)27-16)28-21(25)15-10-6-4-8-13(15)2/h3-10,16-19H,11H2,1-2H3/t16-,17+,18-,19+/m0/s1. The van der Waals surface area contributed by atoms with Crippen molar-refractivity contribution in [3.05, 3.63) is 70.8 Å². The molecule has 0 aliphatic carbocycles. The maximum absolute atomic E-state index is 12.6. The van der Waals surface area contributed by atoms with Gasteiger partial charge in [0.2, 0.25) is 0 Å². The molecule has 28 heavy (non-hydrogen) atoms. The van der Waals surface area contributed by atoms with Crippen molar-refractivity contribution >= 4 is 43.8 Å². The smallest absolute Gasteiger partial charge is 0.338 e. The van der Waals surface area contributed by atoms with Crippen LogP contribution in [0.1, 0.15) is 31.8 Å². The molecule has 3 rings (SSSR count). The minimum absolute atomic E-state index is 0.0247. The van der Waals surface area contributed by atoms with Crippen LogP contribution in [0.25, 0.3) is 0 Å². The summed E-state index contributed by atoms with van der Waals surface area (Å²) in [6, 6.07) is 14.4.